The van der Waals surface area contributed by atoms with Crippen LogP contribution in [0.3, 0.4) is 0 Å². The number of nitrogens with zero attached hydrogens (tertiary/aromatic N) is 3. The first-order valence-electron chi connectivity index (χ1n) is 24.8. The van der Waals surface area contributed by atoms with Gasteiger partial charge in [-0.05, 0) is 110 Å². The second-order valence-corrected chi connectivity index (χ2v) is 20.7. The van der Waals surface area contributed by atoms with E-state index in [-0.39, 0.29) is 67.4 Å². The number of rotatable bonds is 7. The molecule has 0 bridgehead atoms. The Kier molecular flexibility index (Phi) is 11.3. The first-order chi connectivity index (χ1) is 33.0. The van der Waals surface area contributed by atoms with Crippen LogP contribution in [-0.2, 0) is 37.3 Å². The van der Waals surface area contributed by atoms with Crippen LogP contribution in [0, 0.1) is 19.9 Å². The fourth-order valence-electron chi connectivity index (χ4n) is 8.67. The Morgan fingerprint density at radius 2 is 1.19 bits per heavy atom. The fraction of sp³-hybridized carbons (Fsp3) is 0.226. The van der Waals surface area contributed by atoms with Crippen molar-refractivity contribution in [1.82, 2.24) is 14.5 Å². The van der Waals surface area contributed by atoms with Crippen LogP contribution in [0.2, 0.25) is 0 Å². The van der Waals surface area contributed by atoms with Crippen LogP contribution in [0.4, 0.5) is 0 Å². The molecule has 0 unspecified atom stereocenters. The number of benzene rings is 7. The van der Waals surface area contributed by atoms with E-state index in [9.17, 15) is 5.11 Å². The van der Waals surface area contributed by atoms with Crippen LogP contribution in [0.5, 0.6) is 5.75 Å². The third-order valence-electron chi connectivity index (χ3n) is 12.7. The molecule has 2 heterocycles. The van der Waals surface area contributed by atoms with Gasteiger partial charge in [-0.2, -0.15) is 0 Å². The number of fused-ring (bicyclic) bond motifs is 1. The van der Waals surface area contributed by atoms with E-state index < -0.39 is 5.41 Å². The predicted molar refractivity (Wildman–Crippen MR) is 278 cm³/mol. The number of hydrogen-bond donors (Lipinski definition) is 1. The van der Waals surface area contributed by atoms with Crippen LogP contribution < -0.4 is 0 Å². The van der Waals surface area contributed by atoms with Crippen molar-refractivity contribution in [2.45, 2.75) is 92.4 Å². The standard InChI is InChI=1S/C62H60N3O.Pt/c1-39-31-50(38-52(40(39)2)43-21-16-13-17-22-43)65-56-24-18-23-51(57(56)64-59(65)53-36-49(61(6,7)8)37-54(58(53)66)62(9,10)11)46-32-45(41-19-14-12-15-20-41)33-47(34-46)55-35-44(29-30-63-55)42-25-27-48(28-26-42)60(3,4)5;/h12-33,35-38,66H,1-11H3;/q-1;/i25D,26D,27D,28D;. The van der Waals surface area contributed by atoms with E-state index in [0.29, 0.717) is 33.8 Å². The Balaban J connectivity index is 0.00000676. The van der Waals surface area contributed by atoms with Gasteiger partial charge in [0.2, 0.25) is 0 Å². The molecule has 0 atom stereocenters. The summed E-state index contributed by atoms with van der Waals surface area (Å²) in [6.07, 6.45) is 1.66. The predicted octanol–water partition coefficient (Wildman–Crippen LogP) is 16.4. The van der Waals surface area contributed by atoms with Crippen molar-refractivity contribution in [1.29, 1.82) is 0 Å². The summed E-state index contributed by atoms with van der Waals surface area (Å²) in [5.41, 5.74) is 14.4. The number of hydrogen-bond acceptors (Lipinski definition) is 3. The van der Waals surface area contributed by atoms with Crippen LogP contribution in [0.25, 0.3) is 83.9 Å². The molecule has 67 heavy (non-hydrogen) atoms. The van der Waals surface area contributed by atoms with Gasteiger partial charge < -0.3 is 5.11 Å². The van der Waals surface area contributed by atoms with E-state index in [0.717, 1.165) is 66.8 Å². The van der Waals surface area contributed by atoms with Gasteiger partial charge in [0.15, 0.2) is 0 Å². The van der Waals surface area contributed by atoms with E-state index in [1.54, 1.807) is 12.3 Å². The van der Waals surface area contributed by atoms with Gasteiger partial charge in [-0.15, -0.1) is 23.8 Å². The summed E-state index contributed by atoms with van der Waals surface area (Å²) in [6.45, 7) is 23.0. The average Bonchev–Trinajstić information content (AvgIpc) is 3.71. The molecule has 0 amide bonds. The Morgan fingerprint density at radius 1 is 0.552 bits per heavy atom. The number of para-hydroxylation sites is 1. The molecule has 5 heteroatoms. The number of aromatic hydroxyl groups is 1. The molecule has 0 radical (unpaired) electrons. The smallest absolute Gasteiger partial charge is 0.148 e. The van der Waals surface area contributed by atoms with Gasteiger partial charge in [0, 0.05) is 44.2 Å². The van der Waals surface area contributed by atoms with Crippen molar-refractivity contribution >= 4 is 11.0 Å². The zero-order chi connectivity index (χ0) is 50.2. The minimum Gasteiger partial charge on any atom is -0.507 e. The monoisotopic (exact) mass is 1060 g/mol. The number of phenolic OH excluding ortho intramolecular Hbond substituents is 1. The molecule has 0 saturated heterocycles. The average molecular weight is 1060 g/mol. The minimum absolute atomic E-state index is 0. The first kappa shape index (κ1) is 42.0. The van der Waals surface area contributed by atoms with E-state index in [4.69, 9.17) is 15.5 Å². The van der Waals surface area contributed by atoms with Gasteiger partial charge in [0.05, 0.1) is 22.1 Å². The number of imidazole rings is 1. The Hall–Kier alpha value is -6.35. The molecule has 0 aliphatic rings. The summed E-state index contributed by atoms with van der Waals surface area (Å²) in [7, 11) is 0. The topological polar surface area (TPSA) is 50.9 Å². The zero-order valence-corrected chi connectivity index (χ0v) is 42.6. The van der Waals surface area contributed by atoms with Gasteiger partial charge in [0.1, 0.15) is 11.6 Å². The molecule has 0 saturated carbocycles. The summed E-state index contributed by atoms with van der Waals surface area (Å²) < 4.78 is 38.3. The van der Waals surface area contributed by atoms with Crippen LogP contribution in [0.1, 0.15) is 95.6 Å². The molecule has 0 aliphatic heterocycles. The molecule has 7 aromatic carbocycles. The molecule has 340 valence electrons. The molecule has 4 nitrogen and oxygen atoms in total. The second kappa shape index (κ2) is 18.0. The van der Waals surface area contributed by atoms with E-state index in [1.165, 1.54) is 5.56 Å². The molecule has 9 rings (SSSR count). The SMILES string of the molecule is [2H]c1c([2H])c(C(C)(C)C)c([2H])c([2H])c1-c1ccnc(-c2[c-]c(-c3cccc4c3nc(-c3cc(C(C)(C)C)cc(C(C)(C)C)c3O)n4-c3cc(C)c(C)c(-c4ccccc4)c3)cc(-c3ccccc3)c2)c1.[Pt]. The van der Waals surface area contributed by atoms with Gasteiger partial charge in [-0.3, -0.25) is 9.55 Å². The molecule has 0 fully saturated rings. The minimum atomic E-state index is -0.583. The Bertz CT molecular complexity index is 3480. The summed E-state index contributed by atoms with van der Waals surface area (Å²) >= 11 is 0. The number of phenols is 1. The zero-order valence-electron chi connectivity index (χ0n) is 44.3. The Morgan fingerprint density at radius 3 is 1.84 bits per heavy atom. The molecule has 0 spiro atoms. The van der Waals surface area contributed by atoms with Gasteiger partial charge in [0.25, 0.3) is 0 Å². The maximum atomic E-state index is 12.5. The fourth-order valence-corrected chi connectivity index (χ4v) is 8.67. The maximum Gasteiger partial charge on any atom is 0.148 e. The number of pyridine rings is 1. The summed E-state index contributed by atoms with van der Waals surface area (Å²) in [6, 6.07) is 46.8. The number of aryl methyl sites for hydroxylation is 1. The van der Waals surface area contributed by atoms with Crippen molar-refractivity contribution in [2.24, 2.45) is 0 Å². The largest absolute Gasteiger partial charge is 0.507 e. The molecule has 0 aliphatic carbocycles. The van der Waals surface area contributed by atoms with E-state index in [1.807, 2.05) is 51.1 Å². The van der Waals surface area contributed by atoms with Gasteiger partial charge in [-0.1, -0.05) is 188 Å². The normalized spacial score (nSPS) is 12.9. The summed E-state index contributed by atoms with van der Waals surface area (Å²) in [5.74, 6) is 0.816. The van der Waals surface area contributed by atoms with Crippen LogP contribution >= 0.6 is 0 Å². The van der Waals surface area contributed by atoms with Crippen molar-refractivity contribution in [2.75, 3.05) is 0 Å². The first-order valence-corrected chi connectivity index (χ1v) is 22.8. The maximum absolute atomic E-state index is 12.5. The quantitative estimate of drug-likeness (QED) is 0.162. The molecular formula is C62H60N3OPt-. The Labute approximate surface area is 417 Å². The van der Waals surface area contributed by atoms with Crippen LogP contribution in [-0.4, -0.2) is 19.6 Å². The summed E-state index contributed by atoms with van der Waals surface area (Å²) in [5, 5.41) is 12.5. The van der Waals surface area contributed by atoms with Crippen molar-refractivity contribution in [3.8, 4) is 78.6 Å². The van der Waals surface area contributed by atoms with Crippen molar-refractivity contribution < 1.29 is 31.7 Å². The van der Waals surface area contributed by atoms with Crippen LogP contribution in [0.15, 0.2) is 158 Å². The van der Waals surface area contributed by atoms with E-state index in [2.05, 4.69) is 157 Å². The second-order valence-electron chi connectivity index (χ2n) is 20.7. The number of aromatic nitrogens is 3. The van der Waals surface area contributed by atoms with Gasteiger partial charge >= 0.3 is 0 Å². The molecular weight excluding hydrogens is 998 g/mol. The molecule has 1 N–H and O–H groups in total. The van der Waals surface area contributed by atoms with E-state index >= 15 is 0 Å². The third kappa shape index (κ3) is 9.34. The van der Waals surface area contributed by atoms with Gasteiger partial charge in [-0.25, -0.2) is 4.98 Å². The molecule has 9 aromatic rings. The van der Waals surface area contributed by atoms with Crippen molar-refractivity contribution in [3.63, 3.8) is 0 Å². The molecule has 2 aromatic heterocycles. The third-order valence-corrected chi connectivity index (χ3v) is 12.7. The van der Waals surface area contributed by atoms with Crippen molar-refractivity contribution in [3.05, 3.63) is 192 Å². The summed E-state index contributed by atoms with van der Waals surface area (Å²) in [4.78, 5) is 10.5.